The highest BCUT2D eigenvalue weighted by molar-refractivity contribution is 5.73. The second-order valence-corrected chi connectivity index (χ2v) is 4.76. The van der Waals surface area contributed by atoms with Crippen molar-refractivity contribution in [2.75, 3.05) is 11.1 Å². The van der Waals surface area contributed by atoms with Gasteiger partial charge in [0.15, 0.2) is 0 Å². The number of nitrogens with one attached hydrogen (secondary N) is 1. The minimum atomic E-state index is -0.277. The molecule has 2 rings (SSSR count). The summed E-state index contributed by atoms with van der Waals surface area (Å²) in [6, 6.07) is 11.3. The van der Waals surface area contributed by atoms with Gasteiger partial charge in [-0.1, -0.05) is 25.5 Å². The van der Waals surface area contributed by atoms with E-state index >= 15 is 0 Å². The lowest BCUT2D eigenvalue weighted by atomic mass is 10.1. The zero-order chi connectivity index (χ0) is 13.8. The van der Waals surface area contributed by atoms with Gasteiger partial charge >= 0.3 is 0 Å². The van der Waals surface area contributed by atoms with E-state index < -0.39 is 0 Å². The molecule has 2 aromatic carbocycles. The Morgan fingerprint density at radius 1 is 1.16 bits per heavy atom. The average molecular weight is 258 g/mol. The molecule has 0 saturated heterocycles. The van der Waals surface area contributed by atoms with Crippen molar-refractivity contribution in [1.29, 1.82) is 0 Å². The van der Waals surface area contributed by atoms with E-state index in [1.54, 1.807) is 13.0 Å². The van der Waals surface area contributed by atoms with Crippen LogP contribution in [-0.4, -0.2) is 0 Å². The Morgan fingerprint density at radius 3 is 2.47 bits per heavy atom. The van der Waals surface area contributed by atoms with Gasteiger partial charge < -0.3 is 11.1 Å². The van der Waals surface area contributed by atoms with E-state index in [9.17, 15) is 4.39 Å². The van der Waals surface area contributed by atoms with Crippen LogP contribution < -0.4 is 11.1 Å². The van der Waals surface area contributed by atoms with E-state index in [2.05, 4.69) is 24.4 Å². The van der Waals surface area contributed by atoms with E-state index in [0.717, 1.165) is 24.2 Å². The summed E-state index contributed by atoms with van der Waals surface area (Å²) in [5, 5.41) is 3.22. The van der Waals surface area contributed by atoms with Crippen LogP contribution in [0.4, 0.5) is 21.5 Å². The summed E-state index contributed by atoms with van der Waals surface area (Å²) in [6.07, 6.45) is 2.22. The van der Waals surface area contributed by atoms with Gasteiger partial charge in [-0.2, -0.15) is 0 Å². The molecule has 3 heteroatoms. The first kappa shape index (κ1) is 13.4. The maximum atomic E-state index is 13.3. The number of anilines is 3. The molecule has 0 fully saturated rings. The fraction of sp³-hybridized carbons (Fsp3) is 0.250. The van der Waals surface area contributed by atoms with Crippen LogP contribution >= 0.6 is 0 Å². The van der Waals surface area contributed by atoms with Crippen molar-refractivity contribution in [2.45, 2.75) is 26.7 Å². The van der Waals surface area contributed by atoms with Gasteiger partial charge in [-0.05, 0) is 48.7 Å². The number of hydrogen-bond acceptors (Lipinski definition) is 2. The van der Waals surface area contributed by atoms with E-state index in [0.29, 0.717) is 11.3 Å². The number of nitrogens with two attached hydrogens (primary N) is 1. The molecule has 0 radical (unpaired) electrons. The standard InChI is InChI=1S/C16H19FN2/c1-3-4-12-5-7-13(8-6-12)19-16-9-11(2)14(17)10-15(16)18/h5-10,19H,3-4,18H2,1-2H3. The Morgan fingerprint density at radius 2 is 1.84 bits per heavy atom. The molecule has 0 amide bonds. The summed E-state index contributed by atoms with van der Waals surface area (Å²) in [6.45, 7) is 3.89. The van der Waals surface area contributed by atoms with Crippen molar-refractivity contribution in [2.24, 2.45) is 0 Å². The predicted molar refractivity (Wildman–Crippen MR) is 79.3 cm³/mol. The van der Waals surface area contributed by atoms with Gasteiger partial charge in [-0.3, -0.25) is 0 Å². The number of rotatable bonds is 4. The Bertz CT molecular complexity index is 562. The van der Waals surface area contributed by atoms with Gasteiger partial charge in [0.05, 0.1) is 11.4 Å². The predicted octanol–water partition coefficient (Wildman–Crippen LogP) is 4.41. The zero-order valence-corrected chi connectivity index (χ0v) is 11.3. The van der Waals surface area contributed by atoms with Crippen LogP contribution in [-0.2, 0) is 6.42 Å². The molecule has 0 unspecified atom stereocenters. The molecule has 0 aromatic heterocycles. The molecule has 2 nitrogen and oxygen atoms in total. The van der Waals surface area contributed by atoms with Gasteiger partial charge in [-0.25, -0.2) is 4.39 Å². The van der Waals surface area contributed by atoms with E-state index in [1.165, 1.54) is 11.6 Å². The van der Waals surface area contributed by atoms with Crippen LogP contribution in [0, 0.1) is 12.7 Å². The first-order valence-electron chi connectivity index (χ1n) is 6.51. The lowest BCUT2D eigenvalue weighted by molar-refractivity contribution is 0.619. The molecule has 0 aliphatic heterocycles. The minimum Gasteiger partial charge on any atom is -0.397 e. The molecule has 100 valence electrons. The summed E-state index contributed by atoms with van der Waals surface area (Å²) < 4.78 is 13.3. The van der Waals surface area contributed by atoms with Gasteiger partial charge in [0.2, 0.25) is 0 Å². The SMILES string of the molecule is CCCc1ccc(Nc2cc(C)c(F)cc2N)cc1. The normalized spacial score (nSPS) is 10.5. The van der Waals surface area contributed by atoms with Gasteiger partial charge in [0, 0.05) is 5.69 Å². The second-order valence-electron chi connectivity index (χ2n) is 4.76. The second kappa shape index (κ2) is 5.74. The third-order valence-corrected chi connectivity index (χ3v) is 3.10. The van der Waals surface area contributed by atoms with Crippen molar-refractivity contribution < 1.29 is 4.39 Å². The summed E-state index contributed by atoms with van der Waals surface area (Å²) >= 11 is 0. The summed E-state index contributed by atoms with van der Waals surface area (Å²) in [4.78, 5) is 0. The molecule has 0 aliphatic carbocycles. The smallest absolute Gasteiger partial charge is 0.128 e. The van der Waals surface area contributed by atoms with E-state index in [1.807, 2.05) is 12.1 Å². The fourth-order valence-electron chi connectivity index (χ4n) is 2.00. The summed E-state index contributed by atoms with van der Waals surface area (Å²) in [5.74, 6) is -0.277. The molecular formula is C16H19FN2. The van der Waals surface area contributed by atoms with Crippen LogP contribution in [0.3, 0.4) is 0 Å². The largest absolute Gasteiger partial charge is 0.397 e. The number of hydrogen-bond donors (Lipinski definition) is 2. The summed E-state index contributed by atoms with van der Waals surface area (Å²) in [5.41, 5.74) is 9.82. The Labute approximate surface area is 113 Å². The van der Waals surface area contributed by atoms with Crippen LogP contribution in [0.1, 0.15) is 24.5 Å². The molecule has 0 atom stereocenters. The lowest BCUT2D eigenvalue weighted by Gasteiger charge is -2.11. The summed E-state index contributed by atoms with van der Waals surface area (Å²) in [7, 11) is 0. The van der Waals surface area contributed by atoms with E-state index in [-0.39, 0.29) is 5.82 Å². The zero-order valence-electron chi connectivity index (χ0n) is 11.3. The van der Waals surface area contributed by atoms with Crippen molar-refractivity contribution in [3.63, 3.8) is 0 Å². The van der Waals surface area contributed by atoms with Crippen molar-refractivity contribution in [1.82, 2.24) is 0 Å². The molecule has 0 saturated carbocycles. The van der Waals surface area contributed by atoms with Crippen molar-refractivity contribution in [3.8, 4) is 0 Å². The highest BCUT2D eigenvalue weighted by atomic mass is 19.1. The van der Waals surface area contributed by atoms with Gasteiger partial charge in [-0.15, -0.1) is 0 Å². The Balaban J connectivity index is 2.19. The molecule has 3 N–H and O–H groups in total. The van der Waals surface area contributed by atoms with Crippen molar-refractivity contribution >= 4 is 17.1 Å². The lowest BCUT2D eigenvalue weighted by Crippen LogP contribution is -1.98. The highest BCUT2D eigenvalue weighted by Crippen LogP contribution is 2.26. The third-order valence-electron chi connectivity index (χ3n) is 3.10. The maximum Gasteiger partial charge on any atom is 0.128 e. The topological polar surface area (TPSA) is 38.0 Å². The number of aryl methyl sites for hydroxylation is 2. The van der Waals surface area contributed by atoms with E-state index in [4.69, 9.17) is 5.73 Å². The molecule has 0 spiro atoms. The van der Waals surface area contributed by atoms with Gasteiger partial charge in [0.1, 0.15) is 5.82 Å². The third kappa shape index (κ3) is 3.25. The quantitative estimate of drug-likeness (QED) is 0.797. The first-order valence-corrected chi connectivity index (χ1v) is 6.51. The molecule has 2 aromatic rings. The van der Waals surface area contributed by atoms with Crippen LogP contribution in [0.2, 0.25) is 0 Å². The van der Waals surface area contributed by atoms with Crippen molar-refractivity contribution in [3.05, 3.63) is 53.3 Å². The molecule has 0 aliphatic rings. The number of nitrogen functional groups attached to an aromatic ring is 1. The first-order chi connectivity index (χ1) is 9.10. The Hall–Kier alpha value is -2.03. The molecule has 0 heterocycles. The van der Waals surface area contributed by atoms with Crippen LogP contribution in [0.25, 0.3) is 0 Å². The van der Waals surface area contributed by atoms with Crippen LogP contribution in [0.15, 0.2) is 36.4 Å². The maximum absolute atomic E-state index is 13.3. The molecule has 19 heavy (non-hydrogen) atoms. The minimum absolute atomic E-state index is 0.277. The number of benzene rings is 2. The fourth-order valence-corrected chi connectivity index (χ4v) is 2.00. The highest BCUT2D eigenvalue weighted by Gasteiger charge is 2.05. The number of halogens is 1. The molecule has 0 bridgehead atoms. The monoisotopic (exact) mass is 258 g/mol. The Kier molecular flexibility index (Phi) is 4.05. The average Bonchev–Trinajstić information content (AvgIpc) is 2.38. The van der Waals surface area contributed by atoms with Gasteiger partial charge in [0.25, 0.3) is 0 Å². The molecular weight excluding hydrogens is 239 g/mol. The van der Waals surface area contributed by atoms with Crippen LogP contribution in [0.5, 0.6) is 0 Å².